The lowest BCUT2D eigenvalue weighted by Gasteiger charge is -2.23. The lowest BCUT2D eigenvalue weighted by atomic mass is 9.82. The number of nitrogens with two attached hydrogens (primary N) is 1. The molecule has 0 aromatic carbocycles. The van der Waals surface area contributed by atoms with E-state index in [1.165, 1.54) is 103 Å². The van der Waals surface area contributed by atoms with Gasteiger partial charge in [-0.3, -0.25) is 0 Å². The van der Waals surface area contributed by atoms with Crippen LogP contribution in [0, 0.1) is 11.3 Å². The zero-order chi connectivity index (χ0) is 16.4. The molecule has 134 valence electrons. The van der Waals surface area contributed by atoms with E-state index >= 15 is 0 Å². The zero-order valence-corrected chi connectivity index (χ0v) is 15.0. The van der Waals surface area contributed by atoms with Crippen LogP contribution in [-0.4, -0.2) is 17.5 Å². The van der Waals surface area contributed by atoms with Crippen molar-refractivity contribution < 1.29 is 5.21 Å². The van der Waals surface area contributed by atoms with Crippen molar-refractivity contribution in [1.82, 2.24) is 0 Å². The van der Waals surface area contributed by atoms with Crippen LogP contribution in [0.3, 0.4) is 0 Å². The molecule has 0 heterocycles. The summed E-state index contributed by atoms with van der Waals surface area (Å²) in [6.45, 7) is 0. The molecule has 3 N–H and O–H groups in total. The van der Waals surface area contributed by atoms with Crippen LogP contribution < -0.4 is 5.73 Å². The Labute approximate surface area is 143 Å². The number of hydrogen-bond donors (Lipinski definition) is 2. The van der Waals surface area contributed by atoms with Gasteiger partial charge in [0.05, 0.1) is 0 Å². The molecule has 0 amide bonds. The first-order chi connectivity index (χ1) is 11.3. The van der Waals surface area contributed by atoms with E-state index in [-0.39, 0.29) is 5.41 Å². The minimum Gasteiger partial charge on any atom is -0.411 e. The van der Waals surface area contributed by atoms with Gasteiger partial charge < -0.3 is 10.9 Å². The molecule has 0 aliphatic heterocycles. The fourth-order valence-electron chi connectivity index (χ4n) is 4.83. The smallest absolute Gasteiger partial charge is 0.0497 e. The van der Waals surface area contributed by atoms with Crippen molar-refractivity contribution in [3.63, 3.8) is 0 Å². The Balaban J connectivity index is 1.44. The van der Waals surface area contributed by atoms with E-state index in [0.717, 1.165) is 5.92 Å². The van der Waals surface area contributed by atoms with Gasteiger partial charge in [-0.25, -0.2) is 0 Å². The quantitative estimate of drug-likeness (QED) is 0.224. The maximum absolute atomic E-state index is 8.87. The predicted octanol–water partition coefficient (Wildman–Crippen LogP) is 5.65. The first kappa shape index (κ1) is 18.8. The summed E-state index contributed by atoms with van der Waals surface area (Å²) in [7, 11) is 0. The summed E-state index contributed by atoms with van der Waals surface area (Å²) in [5.41, 5.74) is 6.55. The molecular formula is C20H38N2O. The van der Waals surface area contributed by atoms with E-state index in [1.807, 2.05) is 6.21 Å². The molecule has 2 rings (SSSR count). The molecule has 2 aliphatic carbocycles. The van der Waals surface area contributed by atoms with Crippen LogP contribution in [0.4, 0.5) is 0 Å². The van der Waals surface area contributed by atoms with Gasteiger partial charge in [0.15, 0.2) is 0 Å². The first-order valence-electron chi connectivity index (χ1n) is 10.2. The molecule has 1 unspecified atom stereocenters. The van der Waals surface area contributed by atoms with E-state index in [2.05, 4.69) is 5.16 Å². The number of unbranched alkanes of at least 4 members (excludes halogenated alkanes) is 5. The summed E-state index contributed by atoms with van der Waals surface area (Å²) >= 11 is 0. The SMILES string of the molecule is NC(CCCCCCCCC1(/C=N/O)CCCC1)C1CCCC1. The third-order valence-corrected chi connectivity index (χ3v) is 6.40. The topological polar surface area (TPSA) is 58.6 Å². The van der Waals surface area contributed by atoms with Gasteiger partial charge in [0.2, 0.25) is 0 Å². The average Bonchev–Trinajstić information content (AvgIpc) is 3.22. The number of hydrogen-bond acceptors (Lipinski definition) is 3. The lowest BCUT2D eigenvalue weighted by molar-refractivity contribution is 0.302. The maximum atomic E-state index is 8.87. The van der Waals surface area contributed by atoms with Crippen LogP contribution in [0.15, 0.2) is 5.16 Å². The molecule has 0 spiro atoms. The van der Waals surface area contributed by atoms with Gasteiger partial charge in [0.1, 0.15) is 0 Å². The summed E-state index contributed by atoms with van der Waals surface area (Å²) < 4.78 is 0. The normalized spacial score (nSPS) is 23.0. The highest BCUT2D eigenvalue weighted by Crippen LogP contribution is 2.40. The van der Waals surface area contributed by atoms with Gasteiger partial charge in [0, 0.05) is 17.7 Å². The van der Waals surface area contributed by atoms with Crippen LogP contribution >= 0.6 is 0 Å². The molecule has 0 radical (unpaired) electrons. The summed E-state index contributed by atoms with van der Waals surface area (Å²) in [6.07, 6.45) is 22.9. The molecule has 2 aliphatic rings. The minimum atomic E-state index is 0.225. The van der Waals surface area contributed by atoms with Crippen molar-refractivity contribution in [2.24, 2.45) is 22.2 Å². The van der Waals surface area contributed by atoms with Crippen molar-refractivity contribution >= 4 is 6.21 Å². The molecule has 0 aromatic heterocycles. The van der Waals surface area contributed by atoms with Crippen LogP contribution in [0.25, 0.3) is 0 Å². The predicted molar refractivity (Wildman–Crippen MR) is 98.0 cm³/mol. The summed E-state index contributed by atoms with van der Waals surface area (Å²) in [5, 5.41) is 12.2. The number of oxime groups is 1. The molecule has 0 saturated heterocycles. The van der Waals surface area contributed by atoms with Gasteiger partial charge in [-0.05, 0) is 44.4 Å². The van der Waals surface area contributed by atoms with Crippen molar-refractivity contribution in [1.29, 1.82) is 0 Å². The van der Waals surface area contributed by atoms with Crippen LogP contribution in [0.2, 0.25) is 0 Å². The fraction of sp³-hybridized carbons (Fsp3) is 0.950. The second-order valence-corrected chi connectivity index (χ2v) is 8.18. The van der Waals surface area contributed by atoms with Crippen molar-refractivity contribution in [3.8, 4) is 0 Å². The highest BCUT2D eigenvalue weighted by atomic mass is 16.4. The Hall–Kier alpha value is -0.570. The van der Waals surface area contributed by atoms with E-state index in [0.29, 0.717) is 6.04 Å². The van der Waals surface area contributed by atoms with Gasteiger partial charge in [0.25, 0.3) is 0 Å². The Kier molecular flexibility index (Phi) is 8.43. The highest BCUT2D eigenvalue weighted by Gasteiger charge is 2.31. The van der Waals surface area contributed by atoms with Gasteiger partial charge in [-0.15, -0.1) is 5.16 Å². The molecule has 1 atom stereocenters. The molecule has 2 saturated carbocycles. The average molecular weight is 323 g/mol. The molecule has 3 heteroatoms. The third-order valence-electron chi connectivity index (χ3n) is 6.40. The molecule has 0 bridgehead atoms. The van der Waals surface area contributed by atoms with Gasteiger partial charge in [-0.1, -0.05) is 64.2 Å². The Morgan fingerprint density at radius 1 is 0.957 bits per heavy atom. The Bertz CT molecular complexity index is 331. The Morgan fingerprint density at radius 3 is 2.22 bits per heavy atom. The lowest BCUT2D eigenvalue weighted by Crippen LogP contribution is -2.28. The number of rotatable bonds is 11. The Morgan fingerprint density at radius 2 is 1.57 bits per heavy atom. The molecule has 23 heavy (non-hydrogen) atoms. The monoisotopic (exact) mass is 322 g/mol. The van der Waals surface area contributed by atoms with Crippen LogP contribution in [0.5, 0.6) is 0 Å². The summed E-state index contributed by atoms with van der Waals surface area (Å²) in [5.74, 6) is 0.825. The van der Waals surface area contributed by atoms with E-state index in [4.69, 9.17) is 10.9 Å². The third kappa shape index (κ3) is 6.45. The van der Waals surface area contributed by atoms with E-state index in [9.17, 15) is 0 Å². The largest absolute Gasteiger partial charge is 0.411 e. The highest BCUT2D eigenvalue weighted by molar-refractivity contribution is 5.65. The second kappa shape index (κ2) is 10.3. The van der Waals surface area contributed by atoms with Crippen LogP contribution in [0.1, 0.15) is 103 Å². The fourth-order valence-corrected chi connectivity index (χ4v) is 4.83. The second-order valence-electron chi connectivity index (χ2n) is 8.18. The molecule has 2 fully saturated rings. The van der Waals surface area contributed by atoms with Crippen molar-refractivity contribution in [3.05, 3.63) is 0 Å². The zero-order valence-electron chi connectivity index (χ0n) is 15.0. The minimum absolute atomic E-state index is 0.225. The summed E-state index contributed by atoms with van der Waals surface area (Å²) in [6, 6.07) is 0.470. The van der Waals surface area contributed by atoms with Gasteiger partial charge in [-0.2, -0.15) is 0 Å². The molecule has 0 aromatic rings. The number of nitrogens with zero attached hydrogens (tertiary/aromatic N) is 1. The van der Waals surface area contributed by atoms with Gasteiger partial charge >= 0.3 is 0 Å². The van der Waals surface area contributed by atoms with Crippen LogP contribution in [-0.2, 0) is 0 Å². The molecular weight excluding hydrogens is 284 g/mol. The maximum Gasteiger partial charge on any atom is 0.0497 e. The standard InChI is InChI=1S/C20H38N2O/c21-19(18-11-6-7-12-18)13-5-3-1-2-4-8-14-20(17-22-23)15-9-10-16-20/h17-19,23H,1-16,21H2/b22-17+. The molecule has 3 nitrogen and oxygen atoms in total. The van der Waals surface area contributed by atoms with E-state index in [1.54, 1.807) is 0 Å². The summed E-state index contributed by atoms with van der Waals surface area (Å²) in [4.78, 5) is 0. The van der Waals surface area contributed by atoms with Crippen molar-refractivity contribution in [2.45, 2.75) is 109 Å². The first-order valence-corrected chi connectivity index (χ1v) is 10.2. The van der Waals surface area contributed by atoms with Crippen molar-refractivity contribution in [2.75, 3.05) is 0 Å². The van der Waals surface area contributed by atoms with E-state index < -0.39 is 0 Å².